The molecule has 0 bridgehead atoms. The number of amides is 1. The predicted octanol–water partition coefficient (Wildman–Crippen LogP) is 2.40. The quantitative estimate of drug-likeness (QED) is 0.887. The molecule has 128 valence electrons. The summed E-state index contributed by atoms with van der Waals surface area (Å²) in [7, 11) is 0. The van der Waals surface area contributed by atoms with Crippen molar-refractivity contribution in [2.75, 3.05) is 19.6 Å². The summed E-state index contributed by atoms with van der Waals surface area (Å²) in [5.41, 5.74) is 4.28. The van der Waals surface area contributed by atoms with E-state index in [1.165, 1.54) is 16.7 Å². The lowest BCUT2D eigenvalue weighted by Gasteiger charge is -2.22. The molecule has 0 saturated carbocycles. The number of rotatable bonds is 5. The Bertz CT molecular complexity index is 681. The first-order chi connectivity index (χ1) is 11.6. The third kappa shape index (κ3) is 4.23. The molecule has 1 unspecified atom stereocenters. The number of hydrogen-bond donors (Lipinski definition) is 2. The number of benzene rings is 1. The van der Waals surface area contributed by atoms with Crippen molar-refractivity contribution in [3.63, 3.8) is 0 Å². The van der Waals surface area contributed by atoms with Crippen LogP contribution in [0.3, 0.4) is 0 Å². The van der Waals surface area contributed by atoms with Gasteiger partial charge in [0.15, 0.2) is 0 Å². The van der Waals surface area contributed by atoms with Crippen molar-refractivity contribution in [1.29, 1.82) is 0 Å². The summed E-state index contributed by atoms with van der Waals surface area (Å²) in [6.45, 7) is 6.82. The second kappa shape index (κ2) is 7.62. The zero-order valence-corrected chi connectivity index (χ0v) is 14.5. The predicted molar refractivity (Wildman–Crippen MR) is 95.3 cm³/mol. The topological polar surface area (TPSA) is 59.0 Å². The first-order valence-electron chi connectivity index (χ1n) is 8.73. The van der Waals surface area contributed by atoms with Crippen LogP contribution >= 0.6 is 0 Å². The standard InChI is InChI=1S/C19H26N4O/c1-14-10-15(2)12-16(11-14)5-8-21-19(24)18-6-9-23(22-18)17-4-3-7-20-13-17/h6,9-12,17,20H,3-5,7-8,13H2,1-2H3,(H,21,24). The molecule has 1 aromatic carbocycles. The minimum Gasteiger partial charge on any atom is -0.350 e. The number of nitrogens with zero attached hydrogens (tertiary/aromatic N) is 2. The van der Waals surface area contributed by atoms with Gasteiger partial charge in [0.1, 0.15) is 5.69 Å². The van der Waals surface area contributed by atoms with Gasteiger partial charge in [0.25, 0.3) is 5.91 Å². The number of piperidine rings is 1. The van der Waals surface area contributed by atoms with Gasteiger partial charge in [-0.05, 0) is 51.3 Å². The van der Waals surface area contributed by atoms with E-state index >= 15 is 0 Å². The Balaban J connectivity index is 1.52. The van der Waals surface area contributed by atoms with E-state index in [0.717, 1.165) is 32.4 Å². The molecule has 1 aliphatic rings. The highest BCUT2D eigenvalue weighted by molar-refractivity contribution is 5.92. The highest BCUT2D eigenvalue weighted by Crippen LogP contribution is 2.15. The first-order valence-corrected chi connectivity index (χ1v) is 8.73. The molecule has 5 nitrogen and oxygen atoms in total. The van der Waals surface area contributed by atoms with Crippen molar-refractivity contribution >= 4 is 5.91 Å². The molecular formula is C19H26N4O. The van der Waals surface area contributed by atoms with Gasteiger partial charge in [-0.15, -0.1) is 0 Å². The molecule has 5 heteroatoms. The van der Waals surface area contributed by atoms with E-state index in [0.29, 0.717) is 18.3 Å². The fraction of sp³-hybridized carbons (Fsp3) is 0.474. The van der Waals surface area contributed by atoms with Crippen molar-refractivity contribution in [3.8, 4) is 0 Å². The Labute approximate surface area is 143 Å². The molecule has 1 saturated heterocycles. The molecule has 1 fully saturated rings. The number of hydrogen-bond acceptors (Lipinski definition) is 3. The van der Waals surface area contributed by atoms with Crippen molar-refractivity contribution in [2.45, 2.75) is 39.2 Å². The van der Waals surface area contributed by atoms with Crippen LogP contribution in [0.5, 0.6) is 0 Å². The molecule has 1 amide bonds. The van der Waals surface area contributed by atoms with Crippen LogP contribution in [0.1, 0.15) is 46.1 Å². The van der Waals surface area contributed by atoms with Gasteiger partial charge in [0, 0.05) is 19.3 Å². The van der Waals surface area contributed by atoms with Crippen LogP contribution in [0.2, 0.25) is 0 Å². The molecule has 0 spiro atoms. The smallest absolute Gasteiger partial charge is 0.271 e. The van der Waals surface area contributed by atoms with Gasteiger partial charge >= 0.3 is 0 Å². The van der Waals surface area contributed by atoms with Crippen LogP contribution in [0, 0.1) is 13.8 Å². The van der Waals surface area contributed by atoms with E-state index < -0.39 is 0 Å². The summed E-state index contributed by atoms with van der Waals surface area (Å²) in [5, 5.41) is 10.8. The Hall–Kier alpha value is -2.14. The third-order valence-electron chi connectivity index (χ3n) is 4.47. The number of carbonyl (C=O) groups is 1. The average molecular weight is 326 g/mol. The summed E-state index contributed by atoms with van der Waals surface area (Å²) in [6.07, 6.45) is 5.02. The summed E-state index contributed by atoms with van der Waals surface area (Å²) in [6, 6.07) is 8.67. The van der Waals surface area contributed by atoms with Gasteiger partial charge in [-0.1, -0.05) is 29.3 Å². The van der Waals surface area contributed by atoms with E-state index in [9.17, 15) is 4.79 Å². The van der Waals surface area contributed by atoms with Crippen LogP contribution in [-0.2, 0) is 6.42 Å². The van der Waals surface area contributed by atoms with Gasteiger partial charge in [0.2, 0.25) is 0 Å². The van der Waals surface area contributed by atoms with E-state index in [1.807, 2.05) is 10.9 Å². The maximum absolute atomic E-state index is 12.3. The number of carbonyl (C=O) groups excluding carboxylic acids is 1. The normalized spacial score (nSPS) is 17.7. The molecule has 1 aromatic heterocycles. The Morgan fingerprint density at radius 3 is 2.83 bits per heavy atom. The molecule has 1 atom stereocenters. The summed E-state index contributed by atoms with van der Waals surface area (Å²) in [5.74, 6) is -0.0955. The number of aryl methyl sites for hydroxylation is 2. The zero-order chi connectivity index (χ0) is 16.9. The van der Waals surface area contributed by atoms with Crippen molar-refractivity contribution in [1.82, 2.24) is 20.4 Å². The maximum atomic E-state index is 12.3. The lowest BCUT2D eigenvalue weighted by Crippen LogP contribution is -2.32. The third-order valence-corrected chi connectivity index (χ3v) is 4.47. The molecule has 24 heavy (non-hydrogen) atoms. The van der Waals surface area contributed by atoms with Crippen molar-refractivity contribution in [3.05, 3.63) is 52.8 Å². The second-order valence-corrected chi connectivity index (χ2v) is 6.68. The molecule has 0 radical (unpaired) electrons. The average Bonchev–Trinajstić information content (AvgIpc) is 3.05. The first kappa shape index (κ1) is 16.7. The SMILES string of the molecule is Cc1cc(C)cc(CCNC(=O)c2ccn(C3CCCNC3)n2)c1. The van der Waals surface area contributed by atoms with E-state index in [-0.39, 0.29) is 5.91 Å². The maximum Gasteiger partial charge on any atom is 0.271 e. The Morgan fingerprint density at radius 2 is 2.12 bits per heavy atom. The molecule has 2 heterocycles. The van der Waals surface area contributed by atoms with Crippen LogP contribution < -0.4 is 10.6 Å². The minimum absolute atomic E-state index is 0.0955. The van der Waals surface area contributed by atoms with Crippen LogP contribution in [0.15, 0.2) is 30.5 Å². The minimum atomic E-state index is -0.0955. The fourth-order valence-electron chi connectivity index (χ4n) is 3.35. The van der Waals surface area contributed by atoms with Gasteiger partial charge in [-0.3, -0.25) is 9.48 Å². The summed E-state index contributed by atoms with van der Waals surface area (Å²) < 4.78 is 1.92. The highest BCUT2D eigenvalue weighted by Gasteiger charge is 2.17. The van der Waals surface area contributed by atoms with Crippen molar-refractivity contribution < 1.29 is 4.79 Å². The largest absolute Gasteiger partial charge is 0.350 e. The van der Waals surface area contributed by atoms with Crippen LogP contribution in [0.4, 0.5) is 0 Å². The number of nitrogens with one attached hydrogen (secondary N) is 2. The van der Waals surface area contributed by atoms with E-state index in [1.54, 1.807) is 6.07 Å². The Kier molecular flexibility index (Phi) is 5.30. The van der Waals surface area contributed by atoms with Crippen LogP contribution in [-0.4, -0.2) is 35.3 Å². The lowest BCUT2D eigenvalue weighted by atomic mass is 10.1. The molecular weight excluding hydrogens is 300 g/mol. The van der Waals surface area contributed by atoms with Crippen molar-refractivity contribution in [2.24, 2.45) is 0 Å². The fourth-order valence-corrected chi connectivity index (χ4v) is 3.35. The lowest BCUT2D eigenvalue weighted by molar-refractivity contribution is 0.0948. The summed E-state index contributed by atoms with van der Waals surface area (Å²) in [4.78, 5) is 12.3. The van der Waals surface area contributed by atoms with E-state index in [2.05, 4.69) is 47.8 Å². The monoisotopic (exact) mass is 326 g/mol. The molecule has 3 rings (SSSR count). The summed E-state index contributed by atoms with van der Waals surface area (Å²) >= 11 is 0. The molecule has 1 aliphatic heterocycles. The van der Waals surface area contributed by atoms with Crippen LogP contribution in [0.25, 0.3) is 0 Å². The van der Waals surface area contributed by atoms with Gasteiger partial charge in [-0.25, -0.2) is 0 Å². The van der Waals surface area contributed by atoms with Gasteiger partial charge in [-0.2, -0.15) is 5.10 Å². The van der Waals surface area contributed by atoms with Gasteiger partial charge in [0.05, 0.1) is 6.04 Å². The molecule has 2 N–H and O–H groups in total. The Morgan fingerprint density at radius 1 is 1.33 bits per heavy atom. The molecule has 2 aromatic rings. The van der Waals surface area contributed by atoms with E-state index in [4.69, 9.17) is 0 Å². The zero-order valence-electron chi connectivity index (χ0n) is 14.5. The highest BCUT2D eigenvalue weighted by atomic mass is 16.1. The van der Waals surface area contributed by atoms with Gasteiger partial charge < -0.3 is 10.6 Å². The second-order valence-electron chi connectivity index (χ2n) is 6.68. The molecule has 0 aliphatic carbocycles. The number of aromatic nitrogens is 2.